The summed E-state index contributed by atoms with van der Waals surface area (Å²) in [6.45, 7) is -5.66. The normalized spacial score (nSPS) is 47.2. The average Bonchev–Trinajstić information content (AvgIpc) is 3.19. The highest BCUT2D eigenvalue weighted by molar-refractivity contribution is 4.97. The fraction of sp³-hybridized carbons (Fsp3) is 1.00. The van der Waals surface area contributed by atoms with Gasteiger partial charge in [0, 0.05) is 0 Å². The summed E-state index contributed by atoms with van der Waals surface area (Å²) in [5, 5.41) is 185. The minimum atomic E-state index is -2.22. The first-order chi connectivity index (χ1) is 26.4. The van der Waals surface area contributed by atoms with Gasteiger partial charge in [-0.15, -0.1) is 0 Å². The van der Waals surface area contributed by atoms with Crippen molar-refractivity contribution < 1.29 is 130 Å². The third kappa shape index (κ3) is 10.3. The van der Waals surface area contributed by atoms with Gasteiger partial charge in [-0.05, 0) is 0 Å². The Bertz CT molecular complexity index is 1160. The maximum absolute atomic E-state index is 11.1. The van der Waals surface area contributed by atoms with Gasteiger partial charge in [0.05, 0.1) is 39.6 Å². The van der Waals surface area contributed by atoms with E-state index in [2.05, 4.69) is 0 Å². The summed E-state index contributed by atoms with van der Waals surface area (Å²) >= 11 is 0. The molecular weight excluding hydrogens is 776 g/mol. The molecule has 0 aromatic carbocycles. The summed E-state index contributed by atoms with van der Waals surface area (Å²) in [6.07, 6.45) is -45.4. The maximum atomic E-state index is 11.1. The van der Waals surface area contributed by atoms with Crippen LogP contribution >= 0.6 is 0 Å². The third-order valence-electron chi connectivity index (χ3n) is 9.94. The van der Waals surface area contributed by atoms with E-state index in [1.165, 1.54) is 0 Å². The van der Waals surface area contributed by atoms with Crippen molar-refractivity contribution in [2.24, 2.45) is 0 Å². The molecular formula is C30H54O26. The lowest BCUT2D eigenvalue weighted by Gasteiger charge is -2.48. The van der Waals surface area contributed by atoms with Crippen LogP contribution in [0, 0.1) is 0 Å². The molecule has 4 saturated heterocycles. The number of hydrogen-bond donors (Lipinski definition) is 18. The predicted molar refractivity (Wildman–Crippen MR) is 169 cm³/mol. The number of rotatable bonds is 17. The predicted octanol–water partition coefficient (Wildman–Crippen LogP) is -12.3. The van der Waals surface area contributed by atoms with Crippen LogP contribution < -0.4 is 0 Å². The Morgan fingerprint density at radius 1 is 0.411 bits per heavy atom. The summed E-state index contributed by atoms with van der Waals surface area (Å²) < 4.78 is 43.1. The molecule has 26 nitrogen and oxygen atoms in total. The summed E-state index contributed by atoms with van der Waals surface area (Å²) in [7, 11) is 0. The van der Waals surface area contributed by atoms with Crippen LogP contribution in [0.1, 0.15) is 0 Å². The zero-order valence-corrected chi connectivity index (χ0v) is 29.4. The minimum Gasteiger partial charge on any atom is -0.394 e. The van der Waals surface area contributed by atoms with Crippen molar-refractivity contribution in [2.45, 2.75) is 147 Å². The average molecular weight is 831 g/mol. The third-order valence-corrected chi connectivity index (χ3v) is 9.94. The fourth-order valence-electron chi connectivity index (χ4n) is 6.52. The number of ether oxygens (including phenoxy) is 8. The van der Waals surface area contributed by atoms with Gasteiger partial charge in [-0.1, -0.05) is 0 Å². The van der Waals surface area contributed by atoms with Crippen LogP contribution in [0.2, 0.25) is 0 Å². The summed E-state index contributed by atoms with van der Waals surface area (Å²) in [5.74, 6) is 0. The highest BCUT2D eigenvalue weighted by atomic mass is 16.8. The van der Waals surface area contributed by atoms with Gasteiger partial charge in [-0.3, -0.25) is 0 Å². The second kappa shape index (κ2) is 21.0. The number of hydrogen-bond acceptors (Lipinski definition) is 26. The van der Waals surface area contributed by atoms with Crippen LogP contribution in [0.3, 0.4) is 0 Å². The van der Waals surface area contributed by atoms with Crippen LogP contribution in [0.5, 0.6) is 0 Å². The summed E-state index contributed by atoms with van der Waals surface area (Å²) in [5.41, 5.74) is 0. The Kier molecular flexibility index (Phi) is 17.8. The van der Waals surface area contributed by atoms with E-state index >= 15 is 0 Å². The molecule has 24 atom stereocenters. The number of aliphatic hydroxyl groups is 18. The highest BCUT2D eigenvalue weighted by Gasteiger charge is 2.54. The van der Waals surface area contributed by atoms with E-state index in [0.29, 0.717) is 0 Å². The molecule has 56 heavy (non-hydrogen) atoms. The van der Waals surface area contributed by atoms with Gasteiger partial charge >= 0.3 is 0 Å². The number of aliphatic hydroxyl groups excluding tert-OH is 18. The lowest BCUT2D eigenvalue weighted by molar-refractivity contribution is -0.384. The van der Waals surface area contributed by atoms with E-state index in [9.17, 15) is 91.9 Å². The Labute approximate surface area is 317 Å². The maximum Gasteiger partial charge on any atom is 0.187 e. The fourth-order valence-corrected chi connectivity index (χ4v) is 6.52. The first-order valence-corrected chi connectivity index (χ1v) is 17.5. The molecule has 0 amide bonds. The van der Waals surface area contributed by atoms with E-state index in [-0.39, 0.29) is 0 Å². The van der Waals surface area contributed by atoms with E-state index in [0.717, 1.165) is 0 Å². The largest absolute Gasteiger partial charge is 0.394 e. The van der Waals surface area contributed by atoms with Crippen molar-refractivity contribution in [1.82, 2.24) is 0 Å². The van der Waals surface area contributed by atoms with Crippen molar-refractivity contribution in [2.75, 3.05) is 39.6 Å². The molecule has 26 heteroatoms. The first kappa shape index (κ1) is 47.6. The molecule has 0 unspecified atom stereocenters. The lowest BCUT2D eigenvalue weighted by Crippen LogP contribution is -2.67. The molecule has 18 N–H and O–H groups in total. The van der Waals surface area contributed by atoms with Gasteiger partial charge in [0.2, 0.25) is 0 Å². The van der Waals surface area contributed by atoms with Crippen LogP contribution in [0.15, 0.2) is 0 Å². The van der Waals surface area contributed by atoms with Gasteiger partial charge in [0.15, 0.2) is 25.2 Å². The van der Waals surface area contributed by atoms with Crippen LogP contribution in [0.4, 0.5) is 0 Å². The molecule has 0 spiro atoms. The van der Waals surface area contributed by atoms with E-state index in [1.54, 1.807) is 0 Å². The quantitative estimate of drug-likeness (QED) is 0.0647. The van der Waals surface area contributed by atoms with Crippen LogP contribution in [-0.2, 0) is 37.9 Å². The van der Waals surface area contributed by atoms with Crippen molar-refractivity contribution in [3.8, 4) is 0 Å². The molecule has 0 radical (unpaired) electrons. The zero-order valence-electron chi connectivity index (χ0n) is 29.4. The van der Waals surface area contributed by atoms with Gasteiger partial charge in [-0.2, -0.15) is 0 Å². The molecule has 4 fully saturated rings. The zero-order chi connectivity index (χ0) is 41.8. The van der Waals surface area contributed by atoms with Crippen molar-refractivity contribution in [1.29, 1.82) is 0 Å². The van der Waals surface area contributed by atoms with Gasteiger partial charge in [0.1, 0.15) is 122 Å². The molecule has 4 aliphatic rings. The minimum absolute atomic E-state index is 0.800. The molecule has 0 aromatic heterocycles. The molecule has 0 aliphatic carbocycles. The molecule has 330 valence electrons. The van der Waals surface area contributed by atoms with Crippen LogP contribution in [0.25, 0.3) is 0 Å². The van der Waals surface area contributed by atoms with E-state index < -0.39 is 187 Å². The summed E-state index contributed by atoms with van der Waals surface area (Å²) in [6, 6.07) is 0. The van der Waals surface area contributed by atoms with Gasteiger partial charge < -0.3 is 130 Å². The Balaban J connectivity index is 1.44. The monoisotopic (exact) mass is 830 g/mol. The standard InChI is InChI=1S/C30H54O26/c31-1-7(36)24(13(38)8(37)6-49-27-20(45)17(42)14(39)9(2-32)50-27)54-29-22(47)19(44)25(12(5-35)53-29)55-30-23(48)26(16(41)11(4-34)52-30)56-28-21(46)18(43)15(40)10(3-33)51-28/h7-48H,1-6H2/t7-,8+,9+,10+,11+,12+,13-,14-,15+,16+,17-,18-,19+,20+,21-,22+,23-,24+,25-,26-,27-,28+,29-,30+/m0/s1. The second-order valence-corrected chi connectivity index (χ2v) is 13.8. The molecule has 4 rings (SSSR count). The molecule has 4 aliphatic heterocycles. The Morgan fingerprint density at radius 3 is 1.36 bits per heavy atom. The second-order valence-electron chi connectivity index (χ2n) is 13.8. The lowest BCUT2D eigenvalue weighted by atomic mass is 9.96. The molecule has 4 heterocycles. The van der Waals surface area contributed by atoms with Gasteiger partial charge in [0.25, 0.3) is 0 Å². The Hall–Kier alpha value is -1.04. The molecule has 0 bridgehead atoms. The van der Waals surface area contributed by atoms with Crippen molar-refractivity contribution >= 4 is 0 Å². The van der Waals surface area contributed by atoms with Crippen LogP contribution in [-0.4, -0.2) is 279 Å². The van der Waals surface area contributed by atoms with E-state index in [4.69, 9.17) is 37.9 Å². The molecule has 0 aromatic rings. The highest BCUT2D eigenvalue weighted by Crippen LogP contribution is 2.33. The SMILES string of the molecule is OC[C@H](O)[C@@H](O[C@@H]1O[C@H](CO)[C@H](O[C@H]2O[C@H](CO)[C@@H](O)[C@H](O[C@H]3O[C@H](CO)[C@@H](O)[C@H](O)[C@@H]3O)[C@@H]2O)[C@H](O)[C@H]1O)[C@@H](O)[C@H](O)CO[C@H]1O[C@H](CO)[C@H](O)[C@H](O)[C@H]1O. The Morgan fingerprint density at radius 2 is 0.839 bits per heavy atom. The summed E-state index contributed by atoms with van der Waals surface area (Å²) in [4.78, 5) is 0. The first-order valence-electron chi connectivity index (χ1n) is 17.5. The smallest absolute Gasteiger partial charge is 0.187 e. The topological polar surface area (TPSA) is 438 Å². The van der Waals surface area contributed by atoms with Crippen molar-refractivity contribution in [3.05, 3.63) is 0 Å². The van der Waals surface area contributed by atoms with Gasteiger partial charge in [-0.25, -0.2) is 0 Å². The van der Waals surface area contributed by atoms with E-state index in [1.807, 2.05) is 0 Å². The molecule has 0 saturated carbocycles. The van der Waals surface area contributed by atoms with Crippen molar-refractivity contribution in [3.63, 3.8) is 0 Å².